The van der Waals surface area contributed by atoms with Gasteiger partial charge in [0.25, 0.3) is 0 Å². The highest BCUT2D eigenvalue weighted by molar-refractivity contribution is 6.30. The van der Waals surface area contributed by atoms with E-state index in [2.05, 4.69) is 0 Å². The number of hydrogen-bond acceptors (Lipinski definition) is 1. The maximum atomic E-state index is 5.73. The third-order valence-corrected chi connectivity index (χ3v) is 1.48. The summed E-state index contributed by atoms with van der Waals surface area (Å²) in [5.74, 6) is 5.24. The molecule has 2 nitrogen and oxygen atoms in total. The fraction of sp³-hybridized carbons (Fsp3) is 0.143. The van der Waals surface area contributed by atoms with Crippen molar-refractivity contribution in [1.29, 1.82) is 0 Å². The number of rotatable bonds is 2. The van der Waals surface area contributed by atoms with Crippen LogP contribution < -0.4 is 11.3 Å². The molecule has 54 valence electrons. The van der Waals surface area contributed by atoms with Gasteiger partial charge in [-0.15, -0.1) is 0 Å². The van der Waals surface area contributed by atoms with Crippen LogP contribution in [0, 0.1) is 0 Å². The van der Waals surface area contributed by atoms with Gasteiger partial charge in [-0.2, -0.15) is 5.84 Å². The fourth-order valence-electron chi connectivity index (χ4n) is 0.800. The van der Waals surface area contributed by atoms with Crippen LogP contribution in [-0.2, 0) is 6.54 Å². The zero-order valence-electron chi connectivity index (χ0n) is 5.55. The average Bonchev–Trinajstić information content (AvgIpc) is 1.88. The first kappa shape index (κ1) is 7.54. The van der Waals surface area contributed by atoms with Gasteiger partial charge < -0.3 is 0 Å². The Morgan fingerprint density at radius 1 is 1.50 bits per heavy atom. The summed E-state index contributed by atoms with van der Waals surface area (Å²) in [6.45, 7) is 0.778. The molecule has 0 unspecified atom stereocenters. The summed E-state index contributed by atoms with van der Waals surface area (Å²) in [7, 11) is 0. The SMILES string of the molecule is N[NH2+]Cc1cccc(Cl)c1. The molecule has 0 aliphatic rings. The van der Waals surface area contributed by atoms with Gasteiger partial charge in [0.15, 0.2) is 0 Å². The van der Waals surface area contributed by atoms with Crippen molar-refractivity contribution >= 4 is 11.6 Å². The molecule has 0 radical (unpaired) electrons. The Balaban J connectivity index is 2.75. The van der Waals surface area contributed by atoms with Crippen LogP contribution in [-0.4, -0.2) is 0 Å². The molecule has 0 spiro atoms. The molecule has 0 saturated carbocycles. The molecule has 0 aromatic heterocycles. The van der Waals surface area contributed by atoms with Gasteiger partial charge >= 0.3 is 0 Å². The van der Waals surface area contributed by atoms with E-state index in [0.29, 0.717) is 0 Å². The Morgan fingerprint density at radius 3 is 2.90 bits per heavy atom. The minimum atomic E-state index is 0.763. The van der Waals surface area contributed by atoms with Crippen molar-refractivity contribution in [2.24, 2.45) is 5.84 Å². The van der Waals surface area contributed by atoms with Crippen molar-refractivity contribution in [3.63, 3.8) is 0 Å². The Bertz CT molecular complexity index is 213. The molecule has 0 bridgehead atoms. The summed E-state index contributed by atoms with van der Waals surface area (Å²) in [5, 5.41) is 0.763. The van der Waals surface area contributed by atoms with Crippen LogP contribution in [0.15, 0.2) is 24.3 Å². The second kappa shape index (κ2) is 3.56. The van der Waals surface area contributed by atoms with Gasteiger partial charge in [0.05, 0.1) is 0 Å². The molecule has 1 rings (SSSR count). The van der Waals surface area contributed by atoms with Gasteiger partial charge in [-0.05, 0) is 12.1 Å². The van der Waals surface area contributed by atoms with E-state index >= 15 is 0 Å². The Kier molecular flexibility index (Phi) is 2.68. The predicted molar refractivity (Wildman–Crippen MR) is 41.3 cm³/mol. The van der Waals surface area contributed by atoms with E-state index in [1.165, 1.54) is 0 Å². The van der Waals surface area contributed by atoms with Crippen LogP contribution in [0.1, 0.15) is 5.56 Å². The largest absolute Gasteiger partial charge is 0.268 e. The van der Waals surface area contributed by atoms with Crippen LogP contribution in [0.4, 0.5) is 0 Å². The van der Waals surface area contributed by atoms with Crippen LogP contribution in [0.5, 0.6) is 0 Å². The summed E-state index contributed by atoms with van der Waals surface area (Å²) in [4.78, 5) is 0. The number of halogens is 1. The quantitative estimate of drug-likeness (QED) is 0.470. The molecule has 3 heteroatoms. The van der Waals surface area contributed by atoms with Gasteiger partial charge in [0.1, 0.15) is 6.54 Å². The molecular formula is C7H10ClN2+. The second-order valence-corrected chi connectivity index (χ2v) is 2.51. The normalized spacial score (nSPS) is 9.80. The highest BCUT2D eigenvalue weighted by Crippen LogP contribution is 2.08. The van der Waals surface area contributed by atoms with E-state index < -0.39 is 0 Å². The Morgan fingerprint density at radius 2 is 2.30 bits per heavy atom. The molecular weight excluding hydrogens is 148 g/mol. The van der Waals surface area contributed by atoms with Gasteiger partial charge in [-0.3, -0.25) is 5.43 Å². The average molecular weight is 158 g/mol. The molecule has 0 aliphatic heterocycles. The van der Waals surface area contributed by atoms with E-state index in [1.807, 2.05) is 24.3 Å². The van der Waals surface area contributed by atoms with E-state index in [4.69, 9.17) is 17.4 Å². The molecule has 0 heterocycles. The van der Waals surface area contributed by atoms with Crippen LogP contribution >= 0.6 is 11.6 Å². The van der Waals surface area contributed by atoms with E-state index in [0.717, 1.165) is 17.1 Å². The lowest BCUT2D eigenvalue weighted by Gasteiger charge is -1.95. The topological polar surface area (TPSA) is 42.6 Å². The smallest absolute Gasteiger partial charge is 0.119 e. The highest BCUT2D eigenvalue weighted by atomic mass is 35.5. The van der Waals surface area contributed by atoms with E-state index in [1.54, 1.807) is 5.43 Å². The fourth-order valence-corrected chi connectivity index (χ4v) is 1.01. The van der Waals surface area contributed by atoms with Crippen LogP contribution in [0.25, 0.3) is 0 Å². The maximum Gasteiger partial charge on any atom is 0.119 e. The molecule has 0 saturated heterocycles. The molecule has 1 aromatic rings. The standard InChI is InChI=1S/C7H9ClN2/c8-7-3-1-2-6(4-7)5-10-9/h1-4,10H,5,9H2/p+1. The molecule has 0 atom stereocenters. The molecule has 10 heavy (non-hydrogen) atoms. The van der Waals surface area contributed by atoms with Crippen molar-refractivity contribution in [2.45, 2.75) is 6.54 Å². The third-order valence-electron chi connectivity index (χ3n) is 1.24. The van der Waals surface area contributed by atoms with Crippen LogP contribution in [0.3, 0.4) is 0 Å². The summed E-state index contributed by atoms with van der Waals surface area (Å²) < 4.78 is 0. The summed E-state index contributed by atoms with van der Waals surface area (Å²) in [5.41, 5.74) is 2.76. The number of hydrogen-bond donors (Lipinski definition) is 2. The monoisotopic (exact) mass is 157 g/mol. The summed E-state index contributed by atoms with van der Waals surface area (Å²) in [6, 6.07) is 7.67. The molecule has 0 fully saturated rings. The lowest BCUT2D eigenvalue weighted by atomic mass is 10.2. The van der Waals surface area contributed by atoms with Gasteiger partial charge in [0, 0.05) is 10.6 Å². The minimum absolute atomic E-state index is 0.763. The molecule has 0 amide bonds. The van der Waals surface area contributed by atoms with Crippen molar-refractivity contribution in [2.75, 3.05) is 0 Å². The Labute approximate surface area is 65.0 Å². The highest BCUT2D eigenvalue weighted by Gasteiger charge is 1.92. The second-order valence-electron chi connectivity index (χ2n) is 2.07. The van der Waals surface area contributed by atoms with Gasteiger partial charge in [-0.1, -0.05) is 23.7 Å². The number of quaternary nitrogens is 1. The lowest BCUT2D eigenvalue weighted by molar-refractivity contribution is -0.683. The molecule has 1 aromatic carbocycles. The first-order valence-electron chi connectivity index (χ1n) is 3.11. The minimum Gasteiger partial charge on any atom is -0.268 e. The first-order chi connectivity index (χ1) is 4.83. The van der Waals surface area contributed by atoms with Crippen molar-refractivity contribution in [3.05, 3.63) is 34.9 Å². The summed E-state index contributed by atoms with van der Waals surface area (Å²) in [6.07, 6.45) is 0. The lowest BCUT2D eigenvalue weighted by Crippen LogP contribution is -2.89. The zero-order valence-corrected chi connectivity index (χ0v) is 6.31. The van der Waals surface area contributed by atoms with Crippen molar-refractivity contribution < 1.29 is 5.43 Å². The predicted octanol–water partition coefficient (Wildman–Crippen LogP) is 0.277. The zero-order chi connectivity index (χ0) is 7.40. The van der Waals surface area contributed by atoms with Gasteiger partial charge in [0.2, 0.25) is 0 Å². The van der Waals surface area contributed by atoms with E-state index in [9.17, 15) is 0 Å². The first-order valence-corrected chi connectivity index (χ1v) is 3.48. The maximum absolute atomic E-state index is 5.73. The van der Waals surface area contributed by atoms with Gasteiger partial charge in [-0.25, -0.2) is 0 Å². The molecule has 0 aliphatic carbocycles. The number of benzene rings is 1. The Hall–Kier alpha value is -0.570. The molecule has 4 N–H and O–H groups in total. The van der Waals surface area contributed by atoms with E-state index in [-0.39, 0.29) is 0 Å². The van der Waals surface area contributed by atoms with Crippen molar-refractivity contribution in [1.82, 2.24) is 0 Å². The van der Waals surface area contributed by atoms with Crippen molar-refractivity contribution in [3.8, 4) is 0 Å². The van der Waals surface area contributed by atoms with Crippen LogP contribution in [0.2, 0.25) is 5.02 Å². The number of nitrogens with two attached hydrogens (primary N) is 2. The third kappa shape index (κ3) is 1.99. The summed E-state index contributed by atoms with van der Waals surface area (Å²) >= 11 is 5.73.